The van der Waals surface area contributed by atoms with E-state index in [0.29, 0.717) is 56.2 Å². The number of Topliss-reactive ketones (excluding diaryl/α,β-unsaturated/α-hetero) is 1. The van der Waals surface area contributed by atoms with Crippen molar-refractivity contribution in [3.63, 3.8) is 0 Å². The number of fused-ring (bicyclic) bond motifs is 13. The van der Waals surface area contributed by atoms with Crippen molar-refractivity contribution in [3.05, 3.63) is 93.9 Å². The minimum absolute atomic E-state index is 0.00193. The average molecular weight is 978 g/mol. The van der Waals surface area contributed by atoms with Gasteiger partial charge >= 0.3 is 11.9 Å². The largest absolute Gasteiger partial charge is 0.507 e. The van der Waals surface area contributed by atoms with Crippen LogP contribution >= 0.6 is 0 Å². The molecule has 3 aromatic rings. The maximum atomic E-state index is 14.8. The third-order valence-corrected chi connectivity index (χ3v) is 15.2. The number of aliphatic hydroxyl groups is 2. The second kappa shape index (κ2) is 21.9. The molecule has 0 aromatic heterocycles. The van der Waals surface area contributed by atoms with Crippen LogP contribution in [0, 0.1) is 36.5 Å². The number of hydrogen-bond acceptors (Lipinski definition) is 13. The van der Waals surface area contributed by atoms with Crippen molar-refractivity contribution in [2.75, 3.05) is 45.2 Å². The molecule has 7 atom stereocenters. The number of piperidine rings is 2. The van der Waals surface area contributed by atoms with Gasteiger partial charge < -0.3 is 49.8 Å². The Hall–Kier alpha value is -5.77. The molecule has 0 aliphatic carbocycles. The second-order valence-corrected chi connectivity index (χ2v) is 21.1. The molecule has 5 N–H and O–H groups in total. The standard InChI is InChI=1S/C55H71N5O9.CH4O/c1-31(2)30-59-26-22-55(23-27-59)57-43-40-41-47(62)37(8)50-42(40)51(64)54(9,69-50)67-28-14-17-33(4)49(68-53(66)60-24-20-39(21-25-60)38-18-11-10-12-19-38)36(7)46(61)35(6)29-32(3)15-13-16-34(5)52(65)56-45(48(41)63)44(43)58-55;1-2/h10-16,18-19,28,31-33,35-36,39,46,49,61-63H,17,20-27,29-30H2,1-9H3,(H,56,65);2H,1H3/b15-13+,28-14+,34-16-;/t32-,33+,35+,36+,46?,49?,54-;/m0./s1. The molecule has 15 heteroatoms. The number of anilines is 1. The van der Waals surface area contributed by atoms with Gasteiger partial charge in [-0.1, -0.05) is 90.1 Å². The molecule has 3 aromatic carbocycles. The number of benzene rings is 3. The minimum Gasteiger partial charge on any atom is -0.507 e. The summed E-state index contributed by atoms with van der Waals surface area (Å²) < 4.78 is 19.0. The van der Waals surface area contributed by atoms with E-state index in [2.05, 4.69) is 43.1 Å². The molecule has 5 bridgehead atoms. The molecule has 2 saturated heterocycles. The number of allylic oxidation sites excluding steroid dienone is 4. The molecule has 2 unspecified atom stereocenters. The van der Waals surface area contributed by atoms with Crippen molar-refractivity contribution < 1.29 is 49.0 Å². The first-order chi connectivity index (χ1) is 33.8. The molecule has 6 aliphatic heterocycles. The van der Waals surface area contributed by atoms with E-state index in [4.69, 9.17) is 29.3 Å². The summed E-state index contributed by atoms with van der Waals surface area (Å²) in [6.07, 6.45) is 10.5. The molecule has 6 heterocycles. The van der Waals surface area contributed by atoms with Crippen molar-refractivity contribution in [2.45, 2.75) is 130 Å². The van der Waals surface area contributed by atoms with Crippen LogP contribution in [0.4, 0.5) is 10.5 Å². The first-order valence-corrected chi connectivity index (χ1v) is 25.4. The third-order valence-electron chi connectivity index (χ3n) is 15.2. The molecule has 71 heavy (non-hydrogen) atoms. The maximum Gasteiger partial charge on any atom is 0.410 e. The lowest BCUT2D eigenvalue weighted by atomic mass is 9.80. The van der Waals surface area contributed by atoms with Crippen LogP contribution in [0.2, 0.25) is 0 Å². The number of ether oxygens (including phenoxy) is 3. The number of aliphatic hydroxyl groups excluding tert-OH is 2. The van der Waals surface area contributed by atoms with Gasteiger partial charge in [-0.15, -0.1) is 0 Å². The molecule has 6 aliphatic rings. The zero-order valence-corrected chi connectivity index (χ0v) is 43.2. The molecule has 9 rings (SSSR count). The van der Waals surface area contributed by atoms with E-state index in [1.54, 1.807) is 30.9 Å². The lowest BCUT2D eigenvalue weighted by molar-refractivity contribution is -0.112. The SMILES string of the molecule is C/C1=C/C=C/[C@H](C)C[C@@H](C)C(O)[C@@H](C)C(OC(=O)N2CCC(c3ccccc3)CC2)[C@H](C)C/C=C/O[C@@]2(C)Oc3c(C)c(O)c4c(O)c(c5c(c4c3C2=O)=NC2(CCN(CC(C)C)CC2)N=5)NC1=O.CO. The number of carbonyl (C=O) groups excluding carboxylic acids is 3. The van der Waals surface area contributed by atoms with E-state index in [-0.39, 0.29) is 67.6 Å². The van der Waals surface area contributed by atoms with Gasteiger partial charge in [-0.3, -0.25) is 19.6 Å². The highest BCUT2D eigenvalue weighted by molar-refractivity contribution is 6.19. The van der Waals surface area contributed by atoms with Crippen molar-refractivity contribution in [2.24, 2.45) is 39.6 Å². The maximum absolute atomic E-state index is 14.8. The van der Waals surface area contributed by atoms with E-state index in [1.165, 1.54) is 18.7 Å². The van der Waals surface area contributed by atoms with Crippen LogP contribution in [0.25, 0.3) is 10.8 Å². The minimum atomic E-state index is -1.88. The summed E-state index contributed by atoms with van der Waals surface area (Å²) in [5, 5.41) is 46.5. The Bertz CT molecular complexity index is 2680. The number of phenolic OH excluding ortho intramolecular Hbond substituents is 2. The fourth-order valence-corrected chi connectivity index (χ4v) is 11.1. The van der Waals surface area contributed by atoms with E-state index in [9.17, 15) is 29.7 Å². The number of likely N-dealkylation sites (tertiary alicyclic amines) is 2. The van der Waals surface area contributed by atoms with Gasteiger partial charge in [0.2, 0.25) is 0 Å². The van der Waals surface area contributed by atoms with Crippen molar-refractivity contribution >= 4 is 34.2 Å². The number of nitrogens with zero attached hydrogens (tertiary/aromatic N) is 4. The van der Waals surface area contributed by atoms with Gasteiger partial charge in [-0.25, -0.2) is 4.79 Å². The van der Waals surface area contributed by atoms with E-state index >= 15 is 0 Å². The number of aromatic hydroxyl groups is 2. The zero-order valence-electron chi connectivity index (χ0n) is 43.2. The Balaban J connectivity index is 0.00000366. The summed E-state index contributed by atoms with van der Waals surface area (Å²) >= 11 is 0. The smallest absolute Gasteiger partial charge is 0.410 e. The topological polar surface area (TPSA) is 203 Å². The summed E-state index contributed by atoms with van der Waals surface area (Å²) in [6.45, 7) is 20.6. The number of phenols is 2. The van der Waals surface area contributed by atoms with Crippen LogP contribution in [0.15, 0.2) is 76.5 Å². The molecule has 0 radical (unpaired) electrons. The summed E-state index contributed by atoms with van der Waals surface area (Å²) in [6, 6.07) is 10.4. The second-order valence-electron chi connectivity index (χ2n) is 21.1. The number of hydrogen-bond donors (Lipinski definition) is 5. The zero-order chi connectivity index (χ0) is 51.5. The number of ketones is 1. The van der Waals surface area contributed by atoms with Gasteiger partial charge in [-0.05, 0) is 80.8 Å². The fourth-order valence-electron chi connectivity index (χ4n) is 11.1. The van der Waals surface area contributed by atoms with Gasteiger partial charge in [0.15, 0.2) is 11.4 Å². The van der Waals surface area contributed by atoms with Gasteiger partial charge in [-0.2, -0.15) is 0 Å². The number of amides is 2. The summed E-state index contributed by atoms with van der Waals surface area (Å²) in [7, 11) is 1.00. The highest BCUT2D eigenvalue weighted by atomic mass is 16.7. The molecule has 2 amide bonds. The van der Waals surface area contributed by atoms with Crippen LogP contribution in [0.3, 0.4) is 0 Å². The van der Waals surface area contributed by atoms with Crippen molar-refractivity contribution in [1.82, 2.24) is 9.80 Å². The summed E-state index contributed by atoms with van der Waals surface area (Å²) in [5.74, 6) is -3.66. The predicted octanol–water partition coefficient (Wildman–Crippen LogP) is 8.22. The Morgan fingerprint density at radius 3 is 2.25 bits per heavy atom. The first kappa shape index (κ1) is 53.0. The van der Waals surface area contributed by atoms with Crippen molar-refractivity contribution in [3.8, 4) is 17.2 Å². The predicted molar refractivity (Wildman–Crippen MR) is 273 cm³/mol. The Labute approximate surface area is 418 Å². The molecule has 2 fully saturated rings. The first-order valence-electron chi connectivity index (χ1n) is 25.4. The number of carbonyl (C=O) groups is 3. The molecule has 0 saturated carbocycles. The Morgan fingerprint density at radius 2 is 1.59 bits per heavy atom. The van der Waals surface area contributed by atoms with Crippen molar-refractivity contribution in [1.29, 1.82) is 0 Å². The molecular formula is C56H75N5O10. The van der Waals surface area contributed by atoms with Crippen LogP contribution < -0.4 is 20.8 Å². The van der Waals surface area contributed by atoms with Crippen LogP contribution in [0.1, 0.15) is 121 Å². The average Bonchev–Trinajstić information content (AvgIpc) is 3.86. The molecule has 1 spiro atoms. The number of nitrogens with one attached hydrogen (secondary N) is 1. The molecular weight excluding hydrogens is 903 g/mol. The summed E-state index contributed by atoms with van der Waals surface area (Å²) in [5.41, 5.74) is 0.973. The Kier molecular flexibility index (Phi) is 16.4. The Morgan fingerprint density at radius 1 is 0.930 bits per heavy atom. The monoisotopic (exact) mass is 978 g/mol. The van der Waals surface area contributed by atoms with E-state index < -0.39 is 53.1 Å². The summed E-state index contributed by atoms with van der Waals surface area (Å²) in [4.78, 5) is 57.4. The molecule has 15 nitrogen and oxygen atoms in total. The lowest BCUT2D eigenvalue weighted by Crippen LogP contribution is -2.45. The number of rotatable bonds is 4. The molecule has 384 valence electrons. The van der Waals surface area contributed by atoms with Crippen LogP contribution in [0.5, 0.6) is 17.2 Å². The van der Waals surface area contributed by atoms with Gasteiger partial charge in [0.05, 0.1) is 28.7 Å². The normalized spacial score (nSPS) is 28.9. The quantitative estimate of drug-likeness (QED) is 0.158. The third kappa shape index (κ3) is 10.9. The highest BCUT2D eigenvalue weighted by Crippen LogP contribution is 2.50. The van der Waals surface area contributed by atoms with Gasteiger partial charge in [0.1, 0.15) is 28.6 Å². The van der Waals surface area contributed by atoms with E-state index in [0.717, 1.165) is 39.6 Å². The highest BCUT2D eigenvalue weighted by Gasteiger charge is 2.50. The lowest BCUT2D eigenvalue weighted by Gasteiger charge is -2.37. The van der Waals surface area contributed by atoms with Crippen LogP contribution in [-0.2, 0) is 14.3 Å². The van der Waals surface area contributed by atoms with Crippen LogP contribution in [-0.4, -0.2) is 112 Å². The van der Waals surface area contributed by atoms with E-state index in [1.807, 2.05) is 51.1 Å². The van der Waals surface area contributed by atoms with Gasteiger partial charge in [0.25, 0.3) is 11.7 Å². The van der Waals surface area contributed by atoms with Gasteiger partial charge in [0, 0.05) is 82.0 Å². The fraction of sp³-hybridized carbons (Fsp3) is 0.554.